The molecule has 0 amide bonds. The van der Waals surface area contributed by atoms with Gasteiger partial charge in [0.15, 0.2) is 0 Å². The SMILES string of the molecule is Cl.OP(O)(O)=S. The molecular formula is H4ClO3PS. The lowest BCUT2D eigenvalue weighted by Gasteiger charge is -1.88. The Morgan fingerprint density at radius 3 is 1.17 bits per heavy atom. The largest absolute Gasteiger partial charge is 0.325 e. The maximum Gasteiger partial charge on any atom is 0.319 e. The lowest BCUT2D eigenvalue weighted by atomic mass is 15.8. The van der Waals surface area contributed by atoms with E-state index in [9.17, 15) is 0 Å². The maximum atomic E-state index is 7.56. The molecule has 40 valence electrons. The summed E-state index contributed by atoms with van der Waals surface area (Å²) in [6, 6.07) is 0. The van der Waals surface area contributed by atoms with E-state index in [2.05, 4.69) is 11.8 Å². The Balaban J connectivity index is 0. The van der Waals surface area contributed by atoms with E-state index in [-0.39, 0.29) is 12.4 Å². The molecule has 0 aliphatic carbocycles. The standard InChI is InChI=1S/ClH.H3O3PS/c;1-4(2,3)5/h1H;(H3,1,2,3,5). The summed E-state index contributed by atoms with van der Waals surface area (Å²) in [5.74, 6) is 0. The summed E-state index contributed by atoms with van der Waals surface area (Å²) < 4.78 is 0. The summed E-state index contributed by atoms with van der Waals surface area (Å²) in [6.45, 7) is -3.81. The average molecular weight is 151 g/mol. The first kappa shape index (κ1) is 9.94. The van der Waals surface area contributed by atoms with Crippen molar-refractivity contribution in [3.63, 3.8) is 0 Å². The summed E-state index contributed by atoms with van der Waals surface area (Å²) in [5, 5.41) is 0. The molecule has 0 radical (unpaired) electrons. The van der Waals surface area contributed by atoms with Crippen LogP contribution in [0.3, 0.4) is 0 Å². The molecule has 0 aliphatic heterocycles. The van der Waals surface area contributed by atoms with Crippen molar-refractivity contribution in [1.29, 1.82) is 0 Å². The van der Waals surface area contributed by atoms with Gasteiger partial charge in [0.25, 0.3) is 0 Å². The van der Waals surface area contributed by atoms with Gasteiger partial charge in [-0.15, -0.1) is 12.4 Å². The van der Waals surface area contributed by atoms with Crippen molar-refractivity contribution in [2.24, 2.45) is 0 Å². The van der Waals surface area contributed by atoms with Gasteiger partial charge in [0.2, 0.25) is 0 Å². The summed E-state index contributed by atoms with van der Waals surface area (Å²) >= 11 is 3.60. The van der Waals surface area contributed by atoms with Crippen LogP contribution in [0.5, 0.6) is 0 Å². The fraction of sp³-hybridized carbons (Fsp3) is 0. The van der Waals surface area contributed by atoms with E-state index in [4.69, 9.17) is 14.7 Å². The van der Waals surface area contributed by atoms with Crippen LogP contribution in [0.4, 0.5) is 0 Å². The minimum atomic E-state index is -3.81. The Morgan fingerprint density at radius 1 is 1.17 bits per heavy atom. The normalized spacial score (nSPS) is 9.83. The van der Waals surface area contributed by atoms with E-state index in [0.717, 1.165) is 0 Å². The molecule has 0 aromatic rings. The molecule has 0 fully saturated rings. The monoisotopic (exact) mass is 150 g/mol. The number of halogens is 1. The topological polar surface area (TPSA) is 60.7 Å². The van der Waals surface area contributed by atoms with Crippen LogP contribution in [0.25, 0.3) is 0 Å². The fourth-order valence-electron chi connectivity index (χ4n) is 0. The van der Waals surface area contributed by atoms with Crippen LogP contribution in [0.1, 0.15) is 0 Å². The van der Waals surface area contributed by atoms with Gasteiger partial charge < -0.3 is 14.7 Å². The number of hydrogen-bond acceptors (Lipinski definition) is 1. The van der Waals surface area contributed by atoms with E-state index >= 15 is 0 Å². The third-order valence-corrected chi connectivity index (χ3v) is 0. The summed E-state index contributed by atoms with van der Waals surface area (Å²) in [4.78, 5) is 22.7. The van der Waals surface area contributed by atoms with Crippen molar-refractivity contribution >= 4 is 30.9 Å². The predicted octanol–water partition coefficient (Wildman–Crippen LogP) is -0.390. The maximum absolute atomic E-state index is 7.56. The van der Waals surface area contributed by atoms with Gasteiger partial charge in [0.05, 0.1) is 0 Å². The first-order chi connectivity index (χ1) is 2.00. The van der Waals surface area contributed by atoms with Crippen molar-refractivity contribution in [2.45, 2.75) is 0 Å². The van der Waals surface area contributed by atoms with E-state index in [0.29, 0.717) is 0 Å². The van der Waals surface area contributed by atoms with Crippen LogP contribution in [-0.4, -0.2) is 14.7 Å². The van der Waals surface area contributed by atoms with E-state index < -0.39 is 6.72 Å². The molecule has 6 heavy (non-hydrogen) atoms. The highest BCUT2D eigenvalue weighted by atomic mass is 35.5. The highest BCUT2D eigenvalue weighted by Crippen LogP contribution is 2.26. The first-order valence-corrected chi connectivity index (χ1v) is 3.44. The van der Waals surface area contributed by atoms with Crippen LogP contribution in [0.15, 0.2) is 0 Å². The van der Waals surface area contributed by atoms with Gasteiger partial charge in [0, 0.05) is 0 Å². The van der Waals surface area contributed by atoms with Gasteiger partial charge >= 0.3 is 6.72 Å². The van der Waals surface area contributed by atoms with Crippen LogP contribution in [0.2, 0.25) is 0 Å². The Hall–Kier alpha value is 0.820. The van der Waals surface area contributed by atoms with Gasteiger partial charge in [0.1, 0.15) is 0 Å². The molecule has 3 N–H and O–H groups in total. The lowest BCUT2D eigenvalue weighted by molar-refractivity contribution is 0.363. The molecule has 0 heterocycles. The van der Waals surface area contributed by atoms with Crippen LogP contribution < -0.4 is 0 Å². The highest BCUT2D eigenvalue weighted by molar-refractivity contribution is 8.06. The molecule has 6 heteroatoms. The van der Waals surface area contributed by atoms with Gasteiger partial charge in [-0.3, -0.25) is 0 Å². The quantitative estimate of drug-likeness (QED) is 0.412. The predicted molar refractivity (Wildman–Crippen MR) is 28.2 cm³/mol. The zero-order valence-electron chi connectivity index (χ0n) is 2.61. The second kappa shape index (κ2) is 2.91. The van der Waals surface area contributed by atoms with Crippen LogP contribution in [-0.2, 0) is 11.8 Å². The Kier molecular flexibility index (Phi) is 4.82. The summed E-state index contributed by atoms with van der Waals surface area (Å²) in [5.41, 5.74) is 0. The second-order valence-electron chi connectivity index (χ2n) is 0.513. The summed E-state index contributed by atoms with van der Waals surface area (Å²) in [6.07, 6.45) is 0. The molecule has 0 unspecified atom stereocenters. The van der Waals surface area contributed by atoms with Crippen molar-refractivity contribution in [3.05, 3.63) is 0 Å². The van der Waals surface area contributed by atoms with Crippen molar-refractivity contribution in [2.75, 3.05) is 0 Å². The average Bonchev–Trinajstić information content (AvgIpc) is 0.722. The molecule has 0 aromatic carbocycles. The number of hydrogen-bond donors (Lipinski definition) is 3. The molecule has 0 atom stereocenters. The van der Waals surface area contributed by atoms with Crippen molar-refractivity contribution < 1.29 is 14.7 Å². The zero-order valence-corrected chi connectivity index (χ0v) is 5.13. The highest BCUT2D eigenvalue weighted by Gasteiger charge is 1.92. The fourth-order valence-corrected chi connectivity index (χ4v) is 0. The number of rotatable bonds is 0. The van der Waals surface area contributed by atoms with Gasteiger partial charge in [-0.2, -0.15) is 0 Å². The second-order valence-corrected chi connectivity index (χ2v) is 3.01. The molecule has 3 nitrogen and oxygen atoms in total. The third kappa shape index (κ3) is 105. The molecular weight excluding hydrogens is 146 g/mol. The summed E-state index contributed by atoms with van der Waals surface area (Å²) in [7, 11) is 0. The molecule has 0 aromatic heterocycles. The Bertz CT molecular complexity index is 56.9. The smallest absolute Gasteiger partial charge is 0.319 e. The van der Waals surface area contributed by atoms with Gasteiger partial charge in [-0.1, -0.05) is 0 Å². The van der Waals surface area contributed by atoms with Crippen molar-refractivity contribution in [1.82, 2.24) is 0 Å². The lowest BCUT2D eigenvalue weighted by Crippen LogP contribution is -1.65. The zero-order chi connectivity index (χ0) is 4.50. The van der Waals surface area contributed by atoms with Crippen LogP contribution in [0, 0.1) is 0 Å². The minimum Gasteiger partial charge on any atom is -0.325 e. The first-order valence-electron chi connectivity index (χ1n) is 0.783. The van der Waals surface area contributed by atoms with Crippen molar-refractivity contribution in [3.8, 4) is 0 Å². The van der Waals surface area contributed by atoms with E-state index in [1.165, 1.54) is 0 Å². The Morgan fingerprint density at radius 2 is 1.17 bits per heavy atom. The third-order valence-electron chi connectivity index (χ3n) is 0. The molecule has 0 rings (SSSR count). The minimum absolute atomic E-state index is 0. The van der Waals surface area contributed by atoms with Crippen LogP contribution >= 0.6 is 19.1 Å². The Labute approximate surface area is 46.3 Å². The van der Waals surface area contributed by atoms with E-state index in [1.54, 1.807) is 0 Å². The van der Waals surface area contributed by atoms with Gasteiger partial charge in [-0.25, -0.2) is 0 Å². The molecule has 0 spiro atoms. The molecule has 0 bridgehead atoms. The molecule has 0 aliphatic rings. The van der Waals surface area contributed by atoms with E-state index in [1.807, 2.05) is 0 Å². The molecule has 0 saturated carbocycles. The van der Waals surface area contributed by atoms with Gasteiger partial charge in [-0.05, 0) is 11.8 Å². The molecule has 0 saturated heterocycles.